The minimum atomic E-state index is -5.00. The molecule has 1 saturated heterocycles. The van der Waals surface area contributed by atoms with Crippen molar-refractivity contribution in [3.05, 3.63) is 58.1 Å². The van der Waals surface area contributed by atoms with E-state index in [-0.39, 0.29) is 12.2 Å². The van der Waals surface area contributed by atoms with Crippen molar-refractivity contribution in [2.24, 2.45) is 0 Å². The summed E-state index contributed by atoms with van der Waals surface area (Å²) >= 11 is 3.38. The molecule has 3 amide bonds. The highest BCUT2D eigenvalue weighted by atomic mass is 79.9. The van der Waals surface area contributed by atoms with Crippen LogP contribution in [0.2, 0.25) is 0 Å². The van der Waals surface area contributed by atoms with Gasteiger partial charge in [-0.1, -0.05) is 34.1 Å². The average molecular weight is 519 g/mol. The minimum Gasteiger partial charge on any atom is -0.305 e. The Labute approximate surface area is 185 Å². The van der Waals surface area contributed by atoms with Crippen LogP contribution < -0.4 is 4.90 Å². The zero-order valence-corrected chi connectivity index (χ0v) is 19.1. The van der Waals surface area contributed by atoms with Crippen LogP contribution in [-0.2, 0) is 27.4 Å². The van der Waals surface area contributed by atoms with Gasteiger partial charge in [0.1, 0.15) is 5.54 Å². The van der Waals surface area contributed by atoms with Crippen molar-refractivity contribution in [1.82, 2.24) is 4.90 Å². The lowest BCUT2D eigenvalue weighted by atomic mass is 10.0. The van der Waals surface area contributed by atoms with E-state index in [1.807, 2.05) is 0 Å². The van der Waals surface area contributed by atoms with Crippen molar-refractivity contribution >= 4 is 43.4 Å². The smallest absolute Gasteiger partial charge is 0.305 e. The molecule has 1 heterocycles. The van der Waals surface area contributed by atoms with E-state index >= 15 is 0 Å². The number of sulfone groups is 1. The first-order valence-corrected chi connectivity index (χ1v) is 11.6. The summed E-state index contributed by atoms with van der Waals surface area (Å²) in [5, 5.41) is 0. The van der Waals surface area contributed by atoms with Crippen molar-refractivity contribution in [2.45, 2.75) is 37.0 Å². The van der Waals surface area contributed by atoms with Gasteiger partial charge in [-0.25, -0.2) is 18.1 Å². The molecule has 2 aromatic carbocycles. The summed E-state index contributed by atoms with van der Waals surface area (Å²) in [6.45, 7) is 3.04. The highest BCUT2D eigenvalue weighted by Crippen LogP contribution is 2.39. The number of anilines is 1. The Morgan fingerprint density at radius 3 is 2.23 bits per heavy atom. The Hall–Kier alpha value is -2.40. The predicted molar refractivity (Wildman–Crippen MR) is 111 cm³/mol. The van der Waals surface area contributed by atoms with Crippen LogP contribution in [0.15, 0.2) is 51.8 Å². The van der Waals surface area contributed by atoms with Crippen molar-refractivity contribution in [2.75, 3.05) is 11.2 Å². The molecule has 0 radical (unpaired) electrons. The van der Waals surface area contributed by atoms with Crippen LogP contribution in [0.25, 0.3) is 0 Å². The highest BCUT2D eigenvalue weighted by Gasteiger charge is 2.52. The van der Waals surface area contributed by atoms with E-state index in [1.165, 1.54) is 18.7 Å². The quantitative estimate of drug-likeness (QED) is 0.553. The number of alkyl halides is 3. The molecule has 0 spiro atoms. The molecule has 0 bridgehead atoms. The zero-order valence-electron chi connectivity index (χ0n) is 16.7. The lowest BCUT2D eigenvalue weighted by Gasteiger charge is -2.28. The van der Waals surface area contributed by atoms with Gasteiger partial charge in [-0.05, 0) is 43.7 Å². The molecule has 3 rings (SSSR count). The average Bonchev–Trinajstić information content (AvgIpc) is 2.81. The summed E-state index contributed by atoms with van der Waals surface area (Å²) in [7, 11) is -4.19. The van der Waals surface area contributed by atoms with Gasteiger partial charge in [0, 0.05) is 17.3 Å². The number of hydrogen-bond acceptors (Lipinski definition) is 4. The summed E-state index contributed by atoms with van der Waals surface area (Å²) in [4.78, 5) is 27.1. The van der Waals surface area contributed by atoms with Crippen molar-refractivity contribution in [1.29, 1.82) is 0 Å². The molecule has 2 aromatic rings. The SMILES string of the molecule is CC1(C)C(=O)N(c2ccc(S(C)(=O)=O)c(C(F)(F)F)c2)C(=O)N1Cc1ccccc1Br. The fourth-order valence-electron chi connectivity index (χ4n) is 3.33. The largest absolute Gasteiger partial charge is 0.417 e. The zero-order chi connectivity index (χ0) is 23.4. The van der Waals surface area contributed by atoms with Crippen LogP contribution in [0.1, 0.15) is 25.0 Å². The summed E-state index contributed by atoms with van der Waals surface area (Å²) in [6.07, 6.45) is -4.34. The third-order valence-electron chi connectivity index (χ3n) is 5.04. The molecule has 1 aliphatic heterocycles. The van der Waals surface area contributed by atoms with Gasteiger partial charge in [0.05, 0.1) is 16.1 Å². The third-order valence-corrected chi connectivity index (χ3v) is 6.96. The van der Waals surface area contributed by atoms with Crippen LogP contribution in [0.3, 0.4) is 0 Å². The molecule has 0 saturated carbocycles. The fourth-order valence-corrected chi connectivity index (χ4v) is 4.63. The lowest BCUT2D eigenvalue weighted by Crippen LogP contribution is -2.43. The normalized spacial score (nSPS) is 16.9. The Bertz CT molecular complexity index is 1180. The van der Waals surface area contributed by atoms with E-state index in [1.54, 1.807) is 24.3 Å². The lowest BCUT2D eigenvalue weighted by molar-refractivity contribution is -0.139. The molecule has 11 heteroatoms. The summed E-state index contributed by atoms with van der Waals surface area (Å²) < 4.78 is 64.9. The number of imide groups is 1. The van der Waals surface area contributed by atoms with Crippen LogP contribution in [0, 0.1) is 0 Å². The van der Waals surface area contributed by atoms with Crippen molar-refractivity contribution in [3.8, 4) is 0 Å². The van der Waals surface area contributed by atoms with Gasteiger partial charge in [0.2, 0.25) is 0 Å². The first-order valence-electron chi connectivity index (χ1n) is 8.96. The third kappa shape index (κ3) is 4.20. The Balaban J connectivity index is 2.08. The van der Waals surface area contributed by atoms with Crippen molar-refractivity contribution in [3.63, 3.8) is 0 Å². The Morgan fingerprint density at radius 1 is 1.06 bits per heavy atom. The van der Waals surface area contributed by atoms with Crippen LogP contribution >= 0.6 is 15.9 Å². The number of urea groups is 1. The maximum atomic E-state index is 13.5. The van der Waals surface area contributed by atoms with Gasteiger partial charge in [-0.15, -0.1) is 0 Å². The molecule has 1 fully saturated rings. The number of amides is 3. The fraction of sp³-hybridized carbons (Fsp3) is 0.300. The predicted octanol–water partition coefficient (Wildman–Crippen LogP) is 4.62. The number of benzene rings is 2. The molecule has 1 aliphatic rings. The minimum absolute atomic E-state index is 0.0447. The van der Waals surface area contributed by atoms with Gasteiger partial charge in [-0.3, -0.25) is 4.79 Å². The summed E-state index contributed by atoms with van der Waals surface area (Å²) in [6, 6.07) is 8.56. The molecule has 31 heavy (non-hydrogen) atoms. The summed E-state index contributed by atoms with van der Waals surface area (Å²) in [5.74, 6) is -0.718. The van der Waals surface area contributed by atoms with E-state index in [0.717, 1.165) is 12.1 Å². The maximum Gasteiger partial charge on any atom is 0.417 e. The second-order valence-electron chi connectivity index (χ2n) is 7.61. The summed E-state index contributed by atoms with van der Waals surface area (Å²) in [5.41, 5.74) is -2.41. The standard InChI is InChI=1S/C20H18BrF3N2O4S/c1-19(2)17(27)26(18(28)25(19)11-12-6-4-5-7-15(12)21)13-8-9-16(31(3,29)30)14(10-13)20(22,23)24/h4-10H,11H2,1-3H3. The molecule has 166 valence electrons. The van der Waals surface area contributed by atoms with Gasteiger partial charge < -0.3 is 4.90 Å². The molecule has 0 unspecified atom stereocenters. The van der Waals surface area contributed by atoms with Gasteiger partial charge >= 0.3 is 12.2 Å². The second kappa shape index (κ2) is 7.63. The Morgan fingerprint density at radius 2 is 1.68 bits per heavy atom. The van der Waals surface area contributed by atoms with E-state index in [2.05, 4.69) is 15.9 Å². The van der Waals surface area contributed by atoms with Gasteiger partial charge in [0.25, 0.3) is 5.91 Å². The van der Waals surface area contributed by atoms with E-state index in [9.17, 15) is 31.2 Å². The number of carbonyl (C=O) groups is 2. The van der Waals surface area contributed by atoms with E-state index in [0.29, 0.717) is 27.3 Å². The molecular weight excluding hydrogens is 501 g/mol. The number of halogens is 4. The van der Waals surface area contributed by atoms with Crippen LogP contribution in [0.5, 0.6) is 0 Å². The van der Waals surface area contributed by atoms with Crippen LogP contribution in [0.4, 0.5) is 23.7 Å². The molecule has 0 aliphatic carbocycles. The first kappa shape index (κ1) is 23.3. The van der Waals surface area contributed by atoms with E-state index in [4.69, 9.17) is 0 Å². The van der Waals surface area contributed by atoms with Crippen LogP contribution in [-0.4, -0.2) is 37.1 Å². The number of rotatable bonds is 4. The Kier molecular flexibility index (Phi) is 5.72. The highest BCUT2D eigenvalue weighted by molar-refractivity contribution is 9.10. The molecule has 0 N–H and O–H groups in total. The van der Waals surface area contributed by atoms with Gasteiger partial charge in [-0.2, -0.15) is 13.2 Å². The number of nitrogens with zero attached hydrogens (tertiary/aromatic N) is 2. The molecule has 6 nitrogen and oxygen atoms in total. The van der Waals surface area contributed by atoms with Crippen molar-refractivity contribution < 1.29 is 31.2 Å². The first-order chi connectivity index (χ1) is 14.2. The molecule has 0 atom stereocenters. The molecular formula is C20H18BrF3N2O4S. The monoisotopic (exact) mass is 518 g/mol. The molecule has 0 aromatic heterocycles. The topological polar surface area (TPSA) is 74.8 Å². The maximum absolute atomic E-state index is 13.5. The number of carbonyl (C=O) groups excluding carboxylic acids is 2. The second-order valence-corrected chi connectivity index (χ2v) is 10.4. The van der Waals surface area contributed by atoms with E-state index < -0.39 is 43.9 Å². The number of hydrogen-bond donors (Lipinski definition) is 0. The van der Waals surface area contributed by atoms with Gasteiger partial charge in [0.15, 0.2) is 9.84 Å².